The molecule has 1 aromatic rings. The molecule has 1 aliphatic heterocycles. The van der Waals surface area contributed by atoms with Crippen LogP contribution in [0.15, 0.2) is 29.3 Å². The van der Waals surface area contributed by atoms with Crippen LogP contribution in [-0.2, 0) is 4.79 Å². The largest absolute Gasteiger partial charge is 0.488 e. The van der Waals surface area contributed by atoms with Crippen molar-refractivity contribution in [2.24, 2.45) is 4.99 Å². The minimum atomic E-state index is -0.377. The highest BCUT2D eigenvalue weighted by molar-refractivity contribution is 14.0. The molecule has 3 N–H and O–H groups in total. The van der Waals surface area contributed by atoms with E-state index < -0.39 is 0 Å². The Kier molecular flexibility index (Phi) is 10.6. The van der Waals surface area contributed by atoms with Crippen molar-refractivity contribution < 1.29 is 18.7 Å². The summed E-state index contributed by atoms with van der Waals surface area (Å²) in [6, 6.07) is 5.63. The van der Waals surface area contributed by atoms with E-state index in [-0.39, 0.29) is 60.9 Å². The number of halogens is 2. The number of carbonyl (C=O) groups is 2. The Bertz CT molecular complexity index is 673. The summed E-state index contributed by atoms with van der Waals surface area (Å²) in [6.07, 6.45) is 0.509. The zero-order chi connectivity index (χ0) is 19.6. The fraction of sp³-hybridized carbons (Fsp3) is 0.500. The first-order chi connectivity index (χ1) is 13.0. The van der Waals surface area contributed by atoms with E-state index in [1.54, 1.807) is 12.1 Å². The van der Waals surface area contributed by atoms with Crippen molar-refractivity contribution in [1.82, 2.24) is 20.9 Å². The van der Waals surface area contributed by atoms with E-state index in [2.05, 4.69) is 20.9 Å². The van der Waals surface area contributed by atoms with Gasteiger partial charge in [-0.15, -0.1) is 24.0 Å². The molecule has 0 aliphatic carbocycles. The summed E-state index contributed by atoms with van der Waals surface area (Å²) in [5.41, 5.74) is 0. The molecule has 1 fully saturated rings. The number of rotatable bonds is 9. The van der Waals surface area contributed by atoms with Gasteiger partial charge >= 0.3 is 6.03 Å². The number of ether oxygens (including phenoxy) is 1. The third-order valence-corrected chi connectivity index (χ3v) is 3.92. The monoisotopic (exact) mass is 507 g/mol. The Morgan fingerprint density at radius 1 is 1.36 bits per heavy atom. The van der Waals surface area contributed by atoms with Crippen LogP contribution in [0.2, 0.25) is 0 Å². The van der Waals surface area contributed by atoms with Crippen LogP contribution in [0.25, 0.3) is 0 Å². The van der Waals surface area contributed by atoms with Gasteiger partial charge in [-0.25, -0.2) is 14.2 Å². The quantitative estimate of drug-likeness (QED) is 0.205. The van der Waals surface area contributed by atoms with Crippen molar-refractivity contribution in [2.45, 2.75) is 26.4 Å². The summed E-state index contributed by atoms with van der Waals surface area (Å²) in [5, 5.41) is 8.67. The maximum Gasteiger partial charge on any atom is 0.324 e. The summed E-state index contributed by atoms with van der Waals surface area (Å²) in [4.78, 5) is 28.7. The number of amides is 3. The van der Waals surface area contributed by atoms with Crippen LogP contribution in [-0.4, -0.2) is 61.6 Å². The molecule has 0 spiro atoms. The van der Waals surface area contributed by atoms with Gasteiger partial charge in [0.15, 0.2) is 5.96 Å². The van der Waals surface area contributed by atoms with Gasteiger partial charge in [0.2, 0.25) is 5.91 Å². The SMILES string of the molecule is CCNC(=NCC(CC)Oc1cccc(F)c1)NCCN1C(=O)CNC1=O.I. The van der Waals surface area contributed by atoms with Gasteiger partial charge in [-0.2, -0.15) is 0 Å². The average Bonchev–Trinajstić information content (AvgIpc) is 2.97. The van der Waals surface area contributed by atoms with Crippen molar-refractivity contribution in [3.63, 3.8) is 0 Å². The number of urea groups is 1. The van der Waals surface area contributed by atoms with E-state index in [1.807, 2.05) is 13.8 Å². The summed E-state index contributed by atoms with van der Waals surface area (Å²) >= 11 is 0. The van der Waals surface area contributed by atoms with Gasteiger partial charge in [0.1, 0.15) is 17.7 Å². The molecule has 1 aliphatic rings. The molecule has 1 saturated heterocycles. The minimum absolute atomic E-state index is 0. The van der Waals surface area contributed by atoms with Crippen LogP contribution in [0.3, 0.4) is 0 Å². The molecule has 3 amide bonds. The van der Waals surface area contributed by atoms with E-state index in [4.69, 9.17) is 4.74 Å². The smallest absolute Gasteiger partial charge is 0.324 e. The zero-order valence-corrected chi connectivity index (χ0v) is 18.4. The van der Waals surface area contributed by atoms with Crippen molar-refractivity contribution in [3.05, 3.63) is 30.1 Å². The van der Waals surface area contributed by atoms with Gasteiger partial charge in [-0.05, 0) is 25.5 Å². The normalized spacial score (nSPS) is 15.0. The summed E-state index contributed by atoms with van der Waals surface area (Å²) < 4.78 is 19.1. The fourth-order valence-electron chi connectivity index (χ4n) is 2.49. The molecule has 1 atom stereocenters. The lowest BCUT2D eigenvalue weighted by atomic mass is 10.2. The first kappa shape index (κ1) is 23.9. The zero-order valence-electron chi connectivity index (χ0n) is 16.0. The van der Waals surface area contributed by atoms with Crippen molar-refractivity contribution in [3.8, 4) is 5.75 Å². The second-order valence-corrected chi connectivity index (χ2v) is 5.96. The van der Waals surface area contributed by atoms with E-state index in [1.165, 1.54) is 17.0 Å². The summed E-state index contributed by atoms with van der Waals surface area (Å²) in [7, 11) is 0. The lowest BCUT2D eigenvalue weighted by Crippen LogP contribution is -2.43. The number of nitrogens with one attached hydrogen (secondary N) is 3. The topological polar surface area (TPSA) is 95.1 Å². The molecule has 1 heterocycles. The lowest BCUT2D eigenvalue weighted by molar-refractivity contribution is -0.124. The number of benzene rings is 1. The Morgan fingerprint density at radius 3 is 2.75 bits per heavy atom. The predicted octanol–water partition coefficient (Wildman–Crippen LogP) is 1.71. The summed E-state index contributed by atoms with van der Waals surface area (Å²) in [6.45, 7) is 5.63. The molecule has 156 valence electrons. The number of hydrogen-bond acceptors (Lipinski definition) is 4. The van der Waals surface area contributed by atoms with Crippen molar-refractivity contribution >= 4 is 41.9 Å². The number of guanidine groups is 1. The van der Waals surface area contributed by atoms with Crippen molar-refractivity contribution in [1.29, 1.82) is 0 Å². The van der Waals surface area contributed by atoms with Gasteiger partial charge < -0.3 is 20.7 Å². The maximum absolute atomic E-state index is 13.3. The molecule has 2 rings (SSSR count). The van der Waals surface area contributed by atoms with Gasteiger partial charge in [0.05, 0.1) is 13.1 Å². The van der Waals surface area contributed by atoms with Crippen LogP contribution in [0.1, 0.15) is 20.3 Å². The highest BCUT2D eigenvalue weighted by Gasteiger charge is 2.27. The number of carbonyl (C=O) groups excluding carboxylic acids is 2. The van der Waals surface area contributed by atoms with Crippen LogP contribution in [0.5, 0.6) is 5.75 Å². The molecular formula is C18H27FIN5O3. The van der Waals surface area contributed by atoms with Crippen LogP contribution in [0, 0.1) is 5.82 Å². The van der Waals surface area contributed by atoms with Gasteiger partial charge in [-0.3, -0.25) is 9.69 Å². The first-order valence-electron chi connectivity index (χ1n) is 9.06. The maximum atomic E-state index is 13.3. The van der Waals surface area contributed by atoms with Gasteiger partial charge in [0, 0.05) is 25.7 Å². The van der Waals surface area contributed by atoms with E-state index >= 15 is 0 Å². The number of nitrogens with zero attached hydrogens (tertiary/aromatic N) is 2. The number of aliphatic imine (C=N–C) groups is 1. The molecule has 28 heavy (non-hydrogen) atoms. The second-order valence-electron chi connectivity index (χ2n) is 5.96. The van der Waals surface area contributed by atoms with Crippen LogP contribution >= 0.6 is 24.0 Å². The number of hydrogen-bond donors (Lipinski definition) is 3. The number of imide groups is 1. The van der Waals surface area contributed by atoms with Crippen LogP contribution in [0.4, 0.5) is 9.18 Å². The van der Waals surface area contributed by atoms with E-state index in [9.17, 15) is 14.0 Å². The third kappa shape index (κ3) is 7.49. The molecule has 10 heteroatoms. The Hall–Kier alpha value is -2.11. The lowest BCUT2D eigenvalue weighted by Gasteiger charge is -2.18. The Morgan fingerprint density at radius 2 is 2.14 bits per heavy atom. The molecule has 1 unspecified atom stereocenters. The van der Waals surface area contributed by atoms with Gasteiger partial charge in [-0.1, -0.05) is 13.0 Å². The molecule has 8 nitrogen and oxygen atoms in total. The molecule has 0 radical (unpaired) electrons. The van der Waals surface area contributed by atoms with E-state index in [0.29, 0.717) is 37.8 Å². The minimum Gasteiger partial charge on any atom is -0.488 e. The molecule has 0 saturated carbocycles. The third-order valence-electron chi connectivity index (χ3n) is 3.92. The van der Waals surface area contributed by atoms with Gasteiger partial charge in [0.25, 0.3) is 0 Å². The second kappa shape index (κ2) is 12.4. The van der Waals surface area contributed by atoms with E-state index in [0.717, 1.165) is 0 Å². The highest BCUT2D eigenvalue weighted by atomic mass is 127. The molecular weight excluding hydrogens is 480 g/mol. The standard InChI is InChI=1S/C18H26FN5O3.HI/c1-3-14(27-15-7-5-6-13(19)10-15)11-22-17(20-4-2)21-8-9-24-16(25)12-23-18(24)26;/h5-7,10,14H,3-4,8-9,11-12H2,1-2H3,(H,23,26)(H2,20,21,22);1H. The molecule has 0 bridgehead atoms. The molecule has 0 aromatic heterocycles. The fourth-order valence-corrected chi connectivity index (χ4v) is 2.49. The Balaban J connectivity index is 0.00000392. The van der Waals surface area contributed by atoms with Crippen LogP contribution < -0.4 is 20.7 Å². The highest BCUT2D eigenvalue weighted by Crippen LogP contribution is 2.15. The predicted molar refractivity (Wildman–Crippen MR) is 116 cm³/mol. The summed E-state index contributed by atoms with van der Waals surface area (Å²) in [5.74, 6) is 0.444. The molecule has 1 aromatic carbocycles. The van der Waals surface area contributed by atoms with Crippen molar-refractivity contribution in [2.75, 3.05) is 32.7 Å². The Labute approximate surface area is 181 Å². The first-order valence-corrected chi connectivity index (χ1v) is 9.06. The average molecular weight is 507 g/mol.